The first kappa shape index (κ1) is 15.5. The van der Waals surface area contributed by atoms with Crippen LogP contribution in [0.4, 0.5) is 13.2 Å². The van der Waals surface area contributed by atoms with Crippen LogP contribution in [0.5, 0.6) is 0 Å². The first-order chi connectivity index (χ1) is 10.9. The van der Waals surface area contributed by atoms with Crippen LogP contribution in [0, 0.1) is 0 Å². The van der Waals surface area contributed by atoms with Gasteiger partial charge in [0.2, 0.25) is 0 Å². The summed E-state index contributed by atoms with van der Waals surface area (Å²) in [5.41, 5.74) is 0.144. The maximum Gasteiger partial charge on any atom is 0.416 e. The molecule has 1 aromatic heterocycles. The van der Waals surface area contributed by atoms with Crippen molar-refractivity contribution >= 4 is 5.91 Å². The van der Waals surface area contributed by atoms with Crippen LogP contribution in [0.25, 0.3) is 0 Å². The molecule has 2 heterocycles. The van der Waals surface area contributed by atoms with Gasteiger partial charge in [0.1, 0.15) is 18.1 Å². The summed E-state index contributed by atoms with van der Waals surface area (Å²) in [6.07, 6.45) is -2.71. The van der Waals surface area contributed by atoms with E-state index in [4.69, 9.17) is 4.74 Å². The number of carbonyl (C=O) groups is 1. The highest BCUT2D eigenvalue weighted by molar-refractivity contribution is 5.92. The van der Waals surface area contributed by atoms with Gasteiger partial charge in [-0.1, -0.05) is 12.1 Å². The lowest BCUT2D eigenvalue weighted by Crippen LogP contribution is -2.23. The number of carbonyl (C=O) groups excluding carboxylic acids is 1. The molecule has 1 N–H and O–H groups in total. The monoisotopic (exact) mass is 325 g/mol. The summed E-state index contributed by atoms with van der Waals surface area (Å²) in [5, 5.41) is 2.65. The Hall–Kier alpha value is -2.35. The summed E-state index contributed by atoms with van der Waals surface area (Å²) < 4.78 is 44.5. The molecule has 0 saturated heterocycles. The first-order valence-corrected chi connectivity index (χ1v) is 7.01. The van der Waals surface area contributed by atoms with Gasteiger partial charge in [-0.25, -0.2) is 4.98 Å². The van der Waals surface area contributed by atoms with E-state index >= 15 is 0 Å². The van der Waals surface area contributed by atoms with Crippen LogP contribution in [0.15, 0.2) is 30.5 Å². The molecule has 8 heteroatoms. The average Bonchev–Trinajstić information content (AvgIpc) is 2.96. The summed E-state index contributed by atoms with van der Waals surface area (Å²) in [5.74, 6) is 0.322. The molecular formula is C15H14F3N3O2. The third-order valence-electron chi connectivity index (χ3n) is 3.53. The summed E-state index contributed by atoms with van der Waals surface area (Å²) in [7, 11) is 0. The van der Waals surface area contributed by atoms with Crippen molar-refractivity contribution in [1.82, 2.24) is 14.9 Å². The Morgan fingerprint density at radius 3 is 2.70 bits per heavy atom. The molecule has 2 aromatic rings. The second-order valence-electron chi connectivity index (χ2n) is 5.17. The third-order valence-corrected chi connectivity index (χ3v) is 3.53. The topological polar surface area (TPSA) is 56.2 Å². The summed E-state index contributed by atoms with van der Waals surface area (Å²) in [4.78, 5) is 16.2. The zero-order chi connectivity index (χ0) is 16.4. The zero-order valence-corrected chi connectivity index (χ0v) is 12.1. The number of hydrogen-bond donors (Lipinski definition) is 1. The number of benzene rings is 1. The van der Waals surface area contributed by atoms with Crippen LogP contribution in [0.2, 0.25) is 0 Å². The highest BCUT2D eigenvalue weighted by atomic mass is 19.4. The number of rotatable bonds is 3. The molecule has 1 amide bonds. The van der Waals surface area contributed by atoms with Gasteiger partial charge in [0, 0.05) is 19.3 Å². The number of hydrogen-bond acceptors (Lipinski definition) is 3. The number of aromatic nitrogens is 2. The molecule has 1 aliphatic heterocycles. The van der Waals surface area contributed by atoms with Crippen molar-refractivity contribution < 1.29 is 22.7 Å². The quantitative estimate of drug-likeness (QED) is 0.942. The van der Waals surface area contributed by atoms with Gasteiger partial charge >= 0.3 is 6.18 Å². The van der Waals surface area contributed by atoms with Crippen molar-refractivity contribution in [3.05, 3.63) is 53.1 Å². The largest absolute Gasteiger partial charge is 0.416 e. The number of nitrogens with one attached hydrogen (secondary N) is 1. The fourth-order valence-electron chi connectivity index (χ4n) is 2.28. The smallest absolute Gasteiger partial charge is 0.372 e. The molecular weight excluding hydrogens is 311 g/mol. The maximum absolute atomic E-state index is 12.5. The first-order valence-electron chi connectivity index (χ1n) is 7.01. The van der Waals surface area contributed by atoms with Crippen LogP contribution in [0.3, 0.4) is 0 Å². The normalized spacial score (nSPS) is 14.4. The number of fused-ring (bicyclic) bond motifs is 1. The third kappa shape index (κ3) is 3.53. The van der Waals surface area contributed by atoms with E-state index in [-0.39, 0.29) is 18.1 Å². The van der Waals surface area contributed by atoms with Gasteiger partial charge in [0.05, 0.1) is 12.2 Å². The molecule has 0 unspecified atom stereocenters. The molecule has 0 radical (unpaired) electrons. The Morgan fingerprint density at radius 2 is 2.04 bits per heavy atom. The average molecular weight is 325 g/mol. The SMILES string of the molecule is O=C(NCc1ccc(C(F)(F)F)cc1)c1cn2c(n1)COCC2. The van der Waals surface area contributed by atoms with Gasteiger partial charge in [0.15, 0.2) is 0 Å². The lowest BCUT2D eigenvalue weighted by Gasteiger charge is -2.13. The van der Waals surface area contributed by atoms with Crippen LogP contribution >= 0.6 is 0 Å². The van der Waals surface area contributed by atoms with Crippen LogP contribution in [-0.2, 0) is 30.6 Å². The highest BCUT2D eigenvalue weighted by Gasteiger charge is 2.29. The van der Waals surface area contributed by atoms with Crippen molar-refractivity contribution in [2.75, 3.05) is 6.61 Å². The van der Waals surface area contributed by atoms with Gasteiger partial charge in [0.25, 0.3) is 5.91 Å². The molecule has 0 fully saturated rings. The Morgan fingerprint density at radius 1 is 1.30 bits per heavy atom. The van der Waals surface area contributed by atoms with Gasteiger partial charge in [-0.05, 0) is 17.7 Å². The minimum atomic E-state index is -4.36. The number of amides is 1. The molecule has 0 spiro atoms. The molecule has 122 valence electrons. The van der Waals surface area contributed by atoms with Crippen molar-refractivity contribution in [2.24, 2.45) is 0 Å². The maximum atomic E-state index is 12.5. The number of nitrogens with zero attached hydrogens (tertiary/aromatic N) is 2. The number of alkyl halides is 3. The lowest BCUT2D eigenvalue weighted by atomic mass is 10.1. The van der Waals surface area contributed by atoms with Crippen molar-refractivity contribution in [3.63, 3.8) is 0 Å². The molecule has 0 atom stereocenters. The Bertz CT molecular complexity index is 684. The van der Waals surface area contributed by atoms with Gasteiger partial charge in [-0.3, -0.25) is 4.79 Å². The van der Waals surface area contributed by atoms with E-state index < -0.39 is 11.7 Å². The predicted octanol–water partition coefficient (Wildman–Crippen LogP) is 2.36. The van der Waals surface area contributed by atoms with E-state index in [0.29, 0.717) is 31.1 Å². The minimum Gasteiger partial charge on any atom is -0.372 e. The molecule has 0 saturated carbocycles. The van der Waals surface area contributed by atoms with Crippen LogP contribution in [0.1, 0.15) is 27.4 Å². The van der Waals surface area contributed by atoms with Crippen molar-refractivity contribution in [2.45, 2.75) is 25.9 Å². The van der Waals surface area contributed by atoms with E-state index in [1.54, 1.807) is 6.20 Å². The molecule has 0 bridgehead atoms. The Kier molecular flexibility index (Phi) is 4.08. The van der Waals surface area contributed by atoms with E-state index in [9.17, 15) is 18.0 Å². The standard InChI is InChI=1S/C15H14F3N3O2/c16-15(17,18)11-3-1-10(2-4-11)7-19-14(22)12-8-21-5-6-23-9-13(21)20-12/h1-4,8H,5-7,9H2,(H,19,22). The van der Waals surface area contributed by atoms with E-state index in [2.05, 4.69) is 10.3 Å². The van der Waals surface area contributed by atoms with Gasteiger partial charge in [-0.2, -0.15) is 13.2 Å². The second-order valence-corrected chi connectivity index (χ2v) is 5.17. The van der Waals surface area contributed by atoms with Crippen molar-refractivity contribution in [3.8, 4) is 0 Å². The number of ether oxygens (including phenoxy) is 1. The fraction of sp³-hybridized carbons (Fsp3) is 0.333. The number of imidazole rings is 1. The van der Waals surface area contributed by atoms with E-state index in [1.807, 2.05) is 4.57 Å². The molecule has 3 rings (SSSR count). The molecule has 5 nitrogen and oxygen atoms in total. The van der Waals surface area contributed by atoms with Crippen LogP contribution in [-0.4, -0.2) is 22.1 Å². The van der Waals surface area contributed by atoms with Gasteiger partial charge in [-0.15, -0.1) is 0 Å². The highest BCUT2D eigenvalue weighted by Crippen LogP contribution is 2.29. The van der Waals surface area contributed by atoms with E-state index in [1.165, 1.54) is 12.1 Å². The predicted molar refractivity (Wildman–Crippen MR) is 74.5 cm³/mol. The Labute approximate surface area is 130 Å². The zero-order valence-electron chi connectivity index (χ0n) is 12.1. The molecule has 1 aromatic carbocycles. The fourth-order valence-corrected chi connectivity index (χ4v) is 2.28. The van der Waals surface area contributed by atoms with Gasteiger partial charge < -0.3 is 14.6 Å². The molecule has 23 heavy (non-hydrogen) atoms. The second kappa shape index (κ2) is 6.04. The summed E-state index contributed by atoms with van der Waals surface area (Å²) in [6, 6.07) is 4.67. The molecule has 1 aliphatic rings. The lowest BCUT2D eigenvalue weighted by molar-refractivity contribution is -0.137. The number of halogens is 3. The minimum absolute atomic E-state index is 0.135. The van der Waals surface area contributed by atoms with Crippen LogP contribution < -0.4 is 5.32 Å². The summed E-state index contributed by atoms with van der Waals surface area (Å²) >= 11 is 0. The van der Waals surface area contributed by atoms with E-state index in [0.717, 1.165) is 12.1 Å². The van der Waals surface area contributed by atoms with Crippen molar-refractivity contribution in [1.29, 1.82) is 0 Å². The Balaban J connectivity index is 1.61. The summed E-state index contributed by atoms with van der Waals surface area (Å²) in [6.45, 7) is 1.73. The molecule has 0 aliphatic carbocycles.